The molecule has 4 fully saturated rings. The SMILES string of the molecule is C1CCC2(C1)CCC(NC1CCN(C3CC3)CC1)CC2. The van der Waals surface area contributed by atoms with E-state index in [0.717, 1.165) is 23.5 Å². The van der Waals surface area contributed by atoms with E-state index in [1.54, 1.807) is 12.8 Å². The molecule has 0 radical (unpaired) electrons. The minimum absolute atomic E-state index is 0.799. The Kier molecular flexibility index (Phi) is 3.80. The normalized spacial score (nSPS) is 33.0. The fraction of sp³-hybridized carbons (Fsp3) is 1.00. The Labute approximate surface area is 124 Å². The van der Waals surface area contributed by atoms with E-state index in [9.17, 15) is 0 Å². The van der Waals surface area contributed by atoms with Crippen molar-refractivity contribution in [1.29, 1.82) is 0 Å². The molecule has 0 aromatic rings. The summed E-state index contributed by atoms with van der Waals surface area (Å²) in [6.07, 6.45) is 17.8. The third-order valence-electron chi connectivity index (χ3n) is 6.77. The van der Waals surface area contributed by atoms with Crippen molar-refractivity contribution in [2.75, 3.05) is 13.1 Å². The molecule has 0 bridgehead atoms. The second-order valence-electron chi connectivity index (χ2n) is 8.19. The molecule has 1 saturated heterocycles. The predicted molar refractivity (Wildman–Crippen MR) is 83.9 cm³/mol. The molecule has 2 heteroatoms. The van der Waals surface area contributed by atoms with E-state index in [1.165, 1.54) is 77.3 Å². The lowest BCUT2D eigenvalue weighted by Crippen LogP contribution is -2.48. The zero-order chi connectivity index (χ0) is 13.4. The van der Waals surface area contributed by atoms with E-state index in [0.29, 0.717) is 0 Å². The van der Waals surface area contributed by atoms with Gasteiger partial charge in [-0.25, -0.2) is 0 Å². The van der Waals surface area contributed by atoms with Crippen molar-refractivity contribution >= 4 is 0 Å². The van der Waals surface area contributed by atoms with Gasteiger partial charge in [-0.05, 0) is 82.7 Å². The lowest BCUT2D eigenvalue weighted by molar-refractivity contribution is 0.141. The highest BCUT2D eigenvalue weighted by Crippen LogP contribution is 2.49. The van der Waals surface area contributed by atoms with Gasteiger partial charge in [-0.1, -0.05) is 12.8 Å². The van der Waals surface area contributed by atoms with Gasteiger partial charge in [-0.3, -0.25) is 0 Å². The van der Waals surface area contributed by atoms with E-state index < -0.39 is 0 Å². The molecule has 4 rings (SSSR count). The summed E-state index contributed by atoms with van der Waals surface area (Å²) in [5, 5.41) is 4.02. The minimum Gasteiger partial charge on any atom is -0.311 e. The van der Waals surface area contributed by atoms with E-state index in [1.807, 2.05) is 0 Å². The number of nitrogens with one attached hydrogen (secondary N) is 1. The zero-order valence-electron chi connectivity index (χ0n) is 13.1. The summed E-state index contributed by atoms with van der Waals surface area (Å²) in [7, 11) is 0. The van der Waals surface area contributed by atoms with Crippen LogP contribution in [-0.4, -0.2) is 36.1 Å². The summed E-state index contributed by atoms with van der Waals surface area (Å²) in [5.41, 5.74) is 0.799. The Bertz CT molecular complexity index is 312. The van der Waals surface area contributed by atoms with E-state index in [-0.39, 0.29) is 0 Å². The Morgan fingerprint density at radius 2 is 1.30 bits per heavy atom. The standard InChI is InChI=1S/C18H32N2/c1-2-10-18(9-1)11-5-15(6-12-18)19-16-7-13-20(14-8-16)17-3-4-17/h15-17,19H,1-14H2. The van der Waals surface area contributed by atoms with Crippen LogP contribution < -0.4 is 5.32 Å². The number of hydrogen-bond donors (Lipinski definition) is 1. The van der Waals surface area contributed by atoms with Gasteiger partial charge in [0.25, 0.3) is 0 Å². The highest BCUT2D eigenvalue weighted by molar-refractivity contribution is 4.93. The van der Waals surface area contributed by atoms with Crippen molar-refractivity contribution in [3.05, 3.63) is 0 Å². The van der Waals surface area contributed by atoms with E-state index in [2.05, 4.69) is 10.2 Å². The molecular weight excluding hydrogens is 244 g/mol. The number of nitrogens with zero attached hydrogens (tertiary/aromatic N) is 1. The fourth-order valence-corrected chi connectivity index (χ4v) is 5.23. The molecule has 0 amide bonds. The first-order valence-electron chi connectivity index (χ1n) is 9.33. The van der Waals surface area contributed by atoms with Gasteiger partial charge in [0.2, 0.25) is 0 Å². The van der Waals surface area contributed by atoms with Crippen LogP contribution in [-0.2, 0) is 0 Å². The monoisotopic (exact) mass is 276 g/mol. The summed E-state index contributed by atoms with van der Waals surface area (Å²) in [6, 6.07) is 2.65. The molecule has 1 heterocycles. The summed E-state index contributed by atoms with van der Waals surface area (Å²) in [6.45, 7) is 2.72. The van der Waals surface area contributed by atoms with Gasteiger partial charge >= 0.3 is 0 Å². The Hall–Kier alpha value is -0.0800. The molecule has 3 aliphatic carbocycles. The van der Waals surface area contributed by atoms with E-state index >= 15 is 0 Å². The van der Waals surface area contributed by atoms with Crippen LogP contribution in [0.1, 0.15) is 77.0 Å². The maximum Gasteiger partial charge on any atom is 0.00964 e. The molecule has 1 N–H and O–H groups in total. The molecular formula is C18H32N2. The van der Waals surface area contributed by atoms with Crippen LogP contribution in [0.3, 0.4) is 0 Å². The summed E-state index contributed by atoms with van der Waals surface area (Å²) < 4.78 is 0. The highest BCUT2D eigenvalue weighted by Gasteiger charge is 2.38. The van der Waals surface area contributed by atoms with Gasteiger partial charge in [-0.2, -0.15) is 0 Å². The van der Waals surface area contributed by atoms with Crippen LogP contribution in [0, 0.1) is 5.41 Å². The maximum absolute atomic E-state index is 4.02. The first-order valence-corrected chi connectivity index (χ1v) is 9.33. The van der Waals surface area contributed by atoms with Crippen molar-refractivity contribution in [2.45, 2.75) is 95.2 Å². The summed E-state index contributed by atoms with van der Waals surface area (Å²) in [5.74, 6) is 0. The second kappa shape index (κ2) is 5.61. The molecule has 1 aliphatic heterocycles. The molecule has 3 saturated carbocycles. The number of piperidine rings is 1. The average molecular weight is 276 g/mol. The first kappa shape index (κ1) is 13.6. The third-order valence-corrected chi connectivity index (χ3v) is 6.77. The first-order chi connectivity index (χ1) is 9.83. The third kappa shape index (κ3) is 2.92. The quantitative estimate of drug-likeness (QED) is 0.845. The van der Waals surface area contributed by atoms with Crippen molar-refractivity contribution < 1.29 is 0 Å². The van der Waals surface area contributed by atoms with Crippen molar-refractivity contribution in [1.82, 2.24) is 10.2 Å². The topological polar surface area (TPSA) is 15.3 Å². The van der Waals surface area contributed by atoms with Crippen LogP contribution in [0.5, 0.6) is 0 Å². The molecule has 4 aliphatic rings. The predicted octanol–water partition coefficient (Wildman–Crippen LogP) is 3.71. The minimum atomic E-state index is 0.799. The van der Waals surface area contributed by atoms with Gasteiger partial charge in [0.05, 0.1) is 0 Å². The van der Waals surface area contributed by atoms with Crippen molar-refractivity contribution in [3.8, 4) is 0 Å². The molecule has 20 heavy (non-hydrogen) atoms. The van der Waals surface area contributed by atoms with Crippen molar-refractivity contribution in [2.24, 2.45) is 5.41 Å². The Morgan fingerprint density at radius 1 is 0.700 bits per heavy atom. The van der Waals surface area contributed by atoms with Gasteiger partial charge in [0, 0.05) is 18.1 Å². The van der Waals surface area contributed by atoms with Crippen molar-refractivity contribution in [3.63, 3.8) is 0 Å². The fourth-order valence-electron chi connectivity index (χ4n) is 5.23. The Morgan fingerprint density at radius 3 is 1.90 bits per heavy atom. The van der Waals surface area contributed by atoms with Gasteiger partial charge in [-0.15, -0.1) is 0 Å². The van der Waals surface area contributed by atoms with Crippen LogP contribution in [0.2, 0.25) is 0 Å². The summed E-state index contributed by atoms with van der Waals surface area (Å²) in [4.78, 5) is 2.74. The molecule has 0 aromatic heterocycles. The molecule has 0 atom stereocenters. The smallest absolute Gasteiger partial charge is 0.00964 e. The molecule has 0 aromatic carbocycles. The highest BCUT2D eigenvalue weighted by atomic mass is 15.2. The van der Waals surface area contributed by atoms with Gasteiger partial charge in [0.15, 0.2) is 0 Å². The lowest BCUT2D eigenvalue weighted by atomic mass is 9.71. The van der Waals surface area contributed by atoms with Gasteiger partial charge in [0.1, 0.15) is 0 Å². The molecule has 1 spiro atoms. The summed E-state index contributed by atoms with van der Waals surface area (Å²) >= 11 is 0. The van der Waals surface area contributed by atoms with E-state index in [4.69, 9.17) is 0 Å². The zero-order valence-corrected chi connectivity index (χ0v) is 13.1. The number of rotatable bonds is 3. The molecule has 0 unspecified atom stereocenters. The van der Waals surface area contributed by atoms with Crippen LogP contribution in [0.4, 0.5) is 0 Å². The number of likely N-dealkylation sites (tertiary alicyclic amines) is 1. The Balaban J connectivity index is 1.20. The van der Waals surface area contributed by atoms with Gasteiger partial charge < -0.3 is 10.2 Å². The number of hydrogen-bond acceptors (Lipinski definition) is 2. The molecule has 2 nitrogen and oxygen atoms in total. The molecule has 114 valence electrons. The largest absolute Gasteiger partial charge is 0.311 e. The average Bonchev–Trinajstić information content (AvgIpc) is 3.24. The lowest BCUT2D eigenvalue weighted by Gasteiger charge is -2.40. The van der Waals surface area contributed by atoms with Crippen LogP contribution >= 0.6 is 0 Å². The second-order valence-corrected chi connectivity index (χ2v) is 8.19. The van der Waals surface area contributed by atoms with Crippen LogP contribution in [0.15, 0.2) is 0 Å². The maximum atomic E-state index is 4.02. The van der Waals surface area contributed by atoms with Crippen LogP contribution in [0.25, 0.3) is 0 Å².